The Balaban J connectivity index is 1.81. The number of fused-ring (bicyclic) bond motifs is 1. The number of carbonyl (C=O) groups excluding carboxylic acids is 1. The maximum Gasteiger partial charge on any atom is 0.228 e. The van der Waals surface area contributed by atoms with Gasteiger partial charge in [0.2, 0.25) is 15.9 Å². The summed E-state index contributed by atoms with van der Waals surface area (Å²) in [6, 6.07) is 0. The molecule has 0 radical (unpaired) electrons. The van der Waals surface area contributed by atoms with Gasteiger partial charge in [0.1, 0.15) is 5.82 Å². The number of aromatic nitrogens is 2. The van der Waals surface area contributed by atoms with Crippen molar-refractivity contribution >= 4 is 21.7 Å². The highest BCUT2D eigenvalue weighted by atomic mass is 32.2. The van der Waals surface area contributed by atoms with Gasteiger partial charge in [-0.25, -0.2) is 8.42 Å². The number of carbonyl (C=O) groups is 1. The van der Waals surface area contributed by atoms with Gasteiger partial charge >= 0.3 is 0 Å². The third kappa shape index (κ3) is 2.50. The largest absolute Gasteiger partial charge is 0.311 e. The lowest BCUT2D eigenvalue weighted by Gasteiger charge is -2.24. The monoisotopic (exact) mass is 284 g/mol. The standard InChI is InChI=1S/C11H16N4O3S/c1-19(17,18)15-5-4-9-8(6-15)10(14-13-9)12-11(16)7-2-3-7/h7H,2-6H2,1H3,(H2,12,13,14,16). The van der Waals surface area contributed by atoms with Crippen LogP contribution in [0.2, 0.25) is 0 Å². The average molecular weight is 284 g/mol. The molecule has 7 nitrogen and oxygen atoms in total. The topological polar surface area (TPSA) is 95.2 Å². The molecule has 3 rings (SSSR count). The van der Waals surface area contributed by atoms with Gasteiger partial charge in [-0.3, -0.25) is 9.89 Å². The Kier molecular flexibility index (Phi) is 2.86. The van der Waals surface area contributed by atoms with Crippen LogP contribution in [0.1, 0.15) is 24.1 Å². The Morgan fingerprint density at radius 3 is 2.84 bits per heavy atom. The van der Waals surface area contributed by atoms with Crippen molar-refractivity contribution in [3.8, 4) is 0 Å². The van der Waals surface area contributed by atoms with Gasteiger partial charge in [-0.05, 0) is 12.8 Å². The number of rotatable bonds is 3. The van der Waals surface area contributed by atoms with E-state index in [2.05, 4.69) is 15.5 Å². The molecule has 0 bridgehead atoms. The molecular formula is C11H16N4O3S. The molecule has 1 amide bonds. The van der Waals surface area contributed by atoms with Gasteiger partial charge < -0.3 is 5.32 Å². The first-order valence-electron chi connectivity index (χ1n) is 6.27. The smallest absolute Gasteiger partial charge is 0.228 e. The second-order valence-electron chi connectivity index (χ2n) is 5.13. The molecule has 2 heterocycles. The van der Waals surface area contributed by atoms with Crippen molar-refractivity contribution < 1.29 is 13.2 Å². The molecular weight excluding hydrogens is 268 g/mol. The number of nitrogens with one attached hydrogen (secondary N) is 2. The zero-order chi connectivity index (χ0) is 13.6. The zero-order valence-corrected chi connectivity index (χ0v) is 11.5. The maximum atomic E-state index is 11.7. The van der Waals surface area contributed by atoms with Crippen LogP contribution in [0.3, 0.4) is 0 Å². The van der Waals surface area contributed by atoms with E-state index in [-0.39, 0.29) is 18.4 Å². The van der Waals surface area contributed by atoms with Crippen LogP contribution >= 0.6 is 0 Å². The molecule has 0 unspecified atom stereocenters. The second-order valence-corrected chi connectivity index (χ2v) is 7.12. The summed E-state index contributed by atoms with van der Waals surface area (Å²) < 4.78 is 24.6. The van der Waals surface area contributed by atoms with E-state index in [9.17, 15) is 13.2 Å². The molecule has 2 aliphatic rings. The SMILES string of the molecule is CS(=O)(=O)N1CCc2n[nH]c(NC(=O)C3CC3)c2C1. The molecule has 0 spiro atoms. The summed E-state index contributed by atoms with van der Waals surface area (Å²) in [4.78, 5) is 11.7. The van der Waals surface area contributed by atoms with Gasteiger partial charge in [0.15, 0.2) is 0 Å². The molecule has 0 atom stereocenters. The second kappa shape index (κ2) is 4.31. The molecule has 1 aromatic rings. The van der Waals surface area contributed by atoms with Crippen LogP contribution in [-0.2, 0) is 27.8 Å². The molecule has 1 aromatic heterocycles. The fourth-order valence-electron chi connectivity index (χ4n) is 2.22. The van der Waals surface area contributed by atoms with Gasteiger partial charge in [0, 0.05) is 31.0 Å². The minimum absolute atomic E-state index is 0.0112. The van der Waals surface area contributed by atoms with E-state index < -0.39 is 10.0 Å². The predicted octanol–water partition coefficient (Wildman–Crippen LogP) is 0.0759. The lowest BCUT2D eigenvalue weighted by atomic mass is 10.1. The summed E-state index contributed by atoms with van der Waals surface area (Å²) in [6.07, 6.45) is 3.62. The quantitative estimate of drug-likeness (QED) is 0.821. The highest BCUT2D eigenvalue weighted by molar-refractivity contribution is 7.88. The van der Waals surface area contributed by atoms with Crippen molar-refractivity contribution in [2.24, 2.45) is 5.92 Å². The molecule has 8 heteroatoms. The minimum Gasteiger partial charge on any atom is -0.311 e. The summed E-state index contributed by atoms with van der Waals surface area (Å²) in [5.41, 5.74) is 1.62. The Morgan fingerprint density at radius 2 is 2.21 bits per heavy atom. The molecule has 1 saturated carbocycles. The molecule has 1 fully saturated rings. The predicted molar refractivity (Wildman–Crippen MR) is 68.9 cm³/mol. The number of amides is 1. The van der Waals surface area contributed by atoms with Gasteiger partial charge in [0.05, 0.1) is 11.9 Å². The minimum atomic E-state index is -3.22. The van der Waals surface area contributed by atoms with Gasteiger partial charge in [-0.1, -0.05) is 0 Å². The van der Waals surface area contributed by atoms with Crippen molar-refractivity contribution in [1.82, 2.24) is 14.5 Å². The third-order valence-corrected chi connectivity index (χ3v) is 4.80. The van der Waals surface area contributed by atoms with E-state index in [0.29, 0.717) is 18.8 Å². The Bertz CT molecular complexity index is 618. The summed E-state index contributed by atoms with van der Waals surface area (Å²) >= 11 is 0. The Labute approximate surface area is 111 Å². The molecule has 104 valence electrons. The van der Waals surface area contributed by atoms with E-state index in [0.717, 1.165) is 24.1 Å². The zero-order valence-electron chi connectivity index (χ0n) is 10.6. The fourth-order valence-corrected chi connectivity index (χ4v) is 3.01. The Morgan fingerprint density at radius 1 is 1.47 bits per heavy atom. The fraction of sp³-hybridized carbons (Fsp3) is 0.636. The number of aromatic amines is 1. The number of anilines is 1. The normalized spacial score (nSPS) is 20.1. The van der Waals surface area contributed by atoms with E-state index in [1.54, 1.807) is 0 Å². The lowest BCUT2D eigenvalue weighted by molar-refractivity contribution is -0.117. The van der Waals surface area contributed by atoms with Crippen molar-refractivity contribution in [3.05, 3.63) is 11.3 Å². The van der Waals surface area contributed by atoms with E-state index in [1.807, 2.05) is 0 Å². The average Bonchev–Trinajstić information content (AvgIpc) is 3.12. The number of hydrogen-bond acceptors (Lipinski definition) is 4. The highest BCUT2D eigenvalue weighted by Gasteiger charge is 2.32. The highest BCUT2D eigenvalue weighted by Crippen LogP contribution is 2.31. The molecule has 2 N–H and O–H groups in total. The first kappa shape index (κ1) is 12.6. The number of H-pyrrole nitrogens is 1. The molecule has 0 saturated heterocycles. The number of nitrogens with zero attached hydrogens (tertiary/aromatic N) is 2. The van der Waals surface area contributed by atoms with Crippen LogP contribution in [0.15, 0.2) is 0 Å². The van der Waals surface area contributed by atoms with Gasteiger partial charge in [-0.2, -0.15) is 9.40 Å². The van der Waals surface area contributed by atoms with Crippen molar-refractivity contribution in [2.45, 2.75) is 25.8 Å². The van der Waals surface area contributed by atoms with Crippen LogP contribution < -0.4 is 5.32 Å². The lowest BCUT2D eigenvalue weighted by Crippen LogP contribution is -2.35. The van der Waals surface area contributed by atoms with E-state index in [1.165, 1.54) is 10.6 Å². The molecule has 1 aliphatic carbocycles. The van der Waals surface area contributed by atoms with Crippen LogP contribution in [0.4, 0.5) is 5.82 Å². The summed E-state index contributed by atoms with van der Waals surface area (Å²) in [5.74, 6) is 0.636. The molecule has 19 heavy (non-hydrogen) atoms. The summed E-state index contributed by atoms with van der Waals surface area (Å²) in [6.45, 7) is 0.706. The van der Waals surface area contributed by atoms with Crippen LogP contribution in [-0.4, -0.2) is 41.6 Å². The van der Waals surface area contributed by atoms with E-state index >= 15 is 0 Å². The molecule has 1 aliphatic heterocycles. The summed E-state index contributed by atoms with van der Waals surface area (Å²) in [5, 5.41) is 9.75. The van der Waals surface area contributed by atoms with Gasteiger partial charge in [-0.15, -0.1) is 0 Å². The van der Waals surface area contributed by atoms with E-state index in [4.69, 9.17) is 0 Å². The number of hydrogen-bond donors (Lipinski definition) is 2. The van der Waals surface area contributed by atoms with Crippen LogP contribution in [0, 0.1) is 5.92 Å². The Hall–Kier alpha value is -1.41. The van der Waals surface area contributed by atoms with Crippen molar-refractivity contribution in [1.29, 1.82) is 0 Å². The van der Waals surface area contributed by atoms with Crippen molar-refractivity contribution in [3.63, 3.8) is 0 Å². The van der Waals surface area contributed by atoms with Crippen LogP contribution in [0.5, 0.6) is 0 Å². The number of sulfonamides is 1. The summed E-state index contributed by atoms with van der Waals surface area (Å²) in [7, 11) is -3.22. The van der Waals surface area contributed by atoms with Gasteiger partial charge in [0.25, 0.3) is 0 Å². The first-order valence-corrected chi connectivity index (χ1v) is 8.12. The third-order valence-electron chi connectivity index (χ3n) is 3.55. The maximum absolute atomic E-state index is 11.7. The first-order chi connectivity index (χ1) is 8.95. The molecule has 0 aromatic carbocycles. The van der Waals surface area contributed by atoms with Crippen molar-refractivity contribution in [2.75, 3.05) is 18.1 Å². The van der Waals surface area contributed by atoms with Crippen LogP contribution in [0.25, 0.3) is 0 Å².